The maximum absolute atomic E-state index is 11.8. The number of nitrogens with one attached hydrogen (secondary N) is 2. The molecular weight excluding hydrogens is 204 g/mol. The molecule has 0 spiro atoms. The Bertz CT molecular complexity index is 373. The van der Waals surface area contributed by atoms with E-state index >= 15 is 0 Å². The molecule has 1 aromatic rings. The van der Waals surface area contributed by atoms with Crippen LogP contribution in [0.4, 0.5) is 0 Å². The van der Waals surface area contributed by atoms with Crippen LogP contribution in [-0.4, -0.2) is 24.5 Å². The van der Waals surface area contributed by atoms with Gasteiger partial charge in [-0.3, -0.25) is 4.79 Å². The van der Waals surface area contributed by atoms with Gasteiger partial charge < -0.3 is 15.1 Å². The van der Waals surface area contributed by atoms with Crippen LogP contribution in [0, 0.1) is 6.92 Å². The molecule has 1 aliphatic heterocycles. The number of aryl methyl sites for hydroxylation is 1. The lowest BCUT2D eigenvalue weighted by atomic mass is 10.00. The smallest absolute Gasteiger partial charge is 0.287 e. The first-order valence-electron chi connectivity index (χ1n) is 5.77. The predicted molar refractivity (Wildman–Crippen MR) is 61.4 cm³/mol. The highest BCUT2D eigenvalue weighted by atomic mass is 16.3. The minimum atomic E-state index is -0.117. The molecule has 2 heterocycles. The Labute approximate surface area is 95.4 Å². The van der Waals surface area contributed by atoms with Crippen molar-refractivity contribution >= 4 is 5.91 Å². The Hall–Kier alpha value is -1.29. The summed E-state index contributed by atoms with van der Waals surface area (Å²) >= 11 is 0. The number of rotatable bonds is 2. The molecule has 1 aliphatic rings. The lowest BCUT2D eigenvalue weighted by Crippen LogP contribution is -2.51. The van der Waals surface area contributed by atoms with E-state index in [1.54, 1.807) is 12.1 Å². The SMILES string of the molecule is Cc1ccc(C(=O)NC2CCCNC2C)o1. The standard InChI is InChI=1S/C12H18N2O2/c1-8-5-6-11(16-8)12(15)14-10-4-3-7-13-9(10)2/h5-6,9-10,13H,3-4,7H2,1-2H3,(H,14,15). The Morgan fingerprint density at radius 2 is 2.38 bits per heavy atom. The van der Waals surface area contributed by atoms with E-state index < -0.39 is 0 Å². The largest absolute Gasteiger partial charge is 0.456 e. The lowest BCUT2D eigenvalue weighted by Gasteiger charge is -2.30. The average molecular weight is 222 g/mol. The van der Waals surface area contributed by atoms with E-state index in [2.05, 4.69) is 17.6 Å². The minimum absolute atomic E-state index is 0.117. The first-order chi connectivity index (χ1) is 7.66. The fraction of sp³-hybridized carbons (Fsp3) is 0.583. The molecule has 0 aromatic carbocycles. The number of carbonyl (C=O) groups is 1. The van der Waals surface area contributed by atoms with Crippen LogP contribution >= 0.6 is 0 Å². The molecule has 0 radical (unpaired) electrons. The highest BCUT2D eigenvalue weighted by molar-refractivity contribution is 5.91. The molecule has 1 fully saturated rings. The van der Waals surface area contributed by atoms with Gasteiger partial charge in [-0.1, -0.05) is 0 Å². The fourth-order valence-electron chi connectivity index (χ4n) is 2.04. The number of carbonyl (C=O) groups excluding carboxylic acids is 1. The molecule has 4 nitrogen and oxygen atoms in total. The molecule has 2 N–H and O–H groups in total. The fourth-order valence-corrected chi connectivity index (χ4v) is 2.04. The second-order valence-corrected chi connectivity index (χ2v) is 4.38. The second-order valence-electron chi connectivity index (χ2n) is 4.38. The van der Waals surface area contributed by atoms with Gasteiger partial charge in [-0.25, -0.2) is 0 Å². The summed E-state index contributed by atoms with van der Waals surface area (Å²) in [5.74, 6) is 1.05. The number of furan rings is 1. The van der Waals surface area contributed by atoms with Crippen LogP contribution in [0.5, 0.6) is 0 Å². The van der Waals surface area contributed by atoms with E-state index in [-0.39, 0.29) is 11.9 Å². The zero-order chi connectivity index (χ0) is 11.5. The highest BCUT2D eigenvalue weighted by Gasteiger charge is 2.23. The van der Waals surface area contributed by atoms with Crippen LogP contribution in [-0.2, 0) is 0 Å². The van der Waals surface area contributed by atoms with Gasteiger partial charge in [0, 0.05) is 12.1 Å². The third-order valence-corrected chi connectivity index (χ3v) is 3.04. The summed E-state index contributed by atoms with van der Waals surface area (Å²) in [7, 11) is 0. The maximum Gasteiger partial charge on any atom is 0.287 e. The van der Waals surface area contributed by atoms with Gasteiger partial charge >= 0.3 is 0 Å². The molecule has 1 aromatic heterocycles. The van der Waals surface area contributed by atoms with Crippen molar-refractivity contribution in [1.82, 2.24) is 10.6 Å². The molecule has 2 atom stereocenters. The summed E-state index contributed by atoms with van der Waals surface area (Å²) in [6.07, 6.45) is 2.13. The zero-order valence-electron chi connectivity index (χ0n) is 9.75. The third kappa shape index (κ3) is 2.44. The van der Waals surface area contributed by atoms with E-state index in [1.165, 1.54) is 0 Å². The molecule has 0 aliphatic carbocycles. The summed E-state index contributed by atoms with van der Waals surface area (Å²) in [4.78, 5) is 11.8. The van der Waals surface area contributed by atoms with Crippen molar-refractivity contribution < 1.29 is 9.21 Å². The van der Waals surface area contributed by atoms with Crippen molar-refractivity contribution in [2.75, 3.05) is 6.54 Å². The highest BCUT2D eigenvalue weighted by Crippen LogP contribution is 2.11. The van der Waals surface area contributed by atoms with Gasteiger partial charge in [-0.05, 0) is 45.4 Å². The monoisotopic (exact) mass is 222 g/mol. The lowest BCUT2D eigenvalue weighted by molar-refractivity contribution is 0.0890. The molecule has 1 amide bonds. The number of hydrogen-bond acceptors (Lipinski definition) is 3. The molecule has 16 heavy (non-hydrogen) atoms. The van der Waals surface area contributed by atoms with E-state index in [0.717, 1.165) is 25.1 Å². The van der Waals surface area contributed by atoms with Crippen LogP contribution in [0.3, 0.4) is 0 Å². The molecule has 2 unspecified atom stereocenters. The van der Waals surface area contributed by atoms with Crippen LogP contribution in [0.1, 0.15) is 36.1 Å². The number of piperidine rings is 1. The Balaban J connectivity index is 1.96. The molecule has 4 heteroatoms. The maximum atomic E-state index is 11.8. The quantitative estimate of drug-likeness (QED) is 0.796. The molecule has 0 saturated carbocycles. The average Bonchev–Trinajstić information content (AvgIpc) is 2.68. The zero-order valence-corrected chi connectivity index (χ0v) is 9.75. The summed E-state index contributed by atoms with van der Waals surface area (Å²) < 4.78 is 5.29. The van der Waals surface area contributed by atoms with Crippen molar-refractivity contribution in [3.63, 3.8) is 0 Å². The first kappa shape index (κ1) is 11.2. The first-order valence-corrected chi connectivity index (χ1v) is 5.77. The second kappa shape index (κ2) is 4.70. The van der Waals surface area contributed by atoms with E-state index in [1.807, 2.05) is 6.92 Å². The van der Waals surface area contributed by atoms with Gasteiger partial charge in [0.1, 0.15) is 5.76 Å². The van der Waals surface area contributed by atoms with Gasteiger partial charge in [0.25, 0.3) is 5.91 Å². The van der Waals surface area contributed by atoms with Gasteiger partial charge in [0.15, 0.2) is 5.76 Å². The summed E-state index contributed by atoms with van der Waals surface area (Å²) in [5, 5.41) is 6.35. The van der Waals surface area contributed by atoms with Crippen molar-refractivity contribution in [1.29, 1.82) is 0 Å². The van der Waals surface area contributed by atoms with Crippen molar-refractivity contribution in [2.45, 2.75) is 38.8 Å². The molecule has 1 saturated heterocycles. The predicted octanol–water partition coefficient (Wildman–Crippen LogP) is 1.46. The van der Waals surface area contributed by atoms with E-state index in [0.29, 0.717) is 11.8 Å². The van der Waals surface area contributed by atoms with Gasteiger partial charge in [0.2, 0.25) is 0 Å². The van der Waals surface area contributed by atoms with Crippen molar-refractivity contribution in [3.8, 4) is 0 Å². The number of amides is 1. The molecule has 88 valence electrons. The van der Waals surface area contributed by atoms with Crippen LogP contribution in [0.15, 0.2) is 16.5 Å². The Morgan fingerprint density at radius 3 is 3.00 bits per heavy atom. The summed E-state index contributed by atoms with van der Waals surface area (Å²) in [6.45, 7) is 4.96. The normalized spacial score (nSPS) is 25.4. The Morgan fingerprint density at radius 1 is 1.56 bits per heavy atom. The minimum Gasteiger partial charge on any atom is -0.456 e. The van der Waals surface area contributed by atoms with Gasteiger partial charge in [-0.2, -0.15) is 0 Å². The van der Waals surface area contributed by atoms with Crippen LogP contribution in [0.2, 0.25) is 0 Å². The van der Waals surface area contributed by atoms with Crippen molar-refractivity contribution in [2.24, 2.45) is 0 Å². The van der Waals surface area contributed by atoms with Gasteiger partial charge in [0.05, 0.1) is 0 Å². The number of hydrogen-bond donors (Lipinski definition) is 2. The third-order valence-electron chi connectivity index (χ3n) is 3.04. The molecule has 0 bridgehead atoms. The van der Waals surface area contributed by atoms with Crippen LogP contribution < -0.4 is 10.6 Å². The summed E-state index contributed by atoms with van der Waals surface area (Å²) in [5.41, 5.74) is 0. The van der Waals surface area contributed by atoms with Crippen LogP contribution in [0.25, 0.3) is 0 Å². The van der Waals surface area contributed by atoms with Crippen molar-refractivity contribution in [3.05, 3.63) is 23.7 Å². The Kier molecular flexibility index (Phi) is 3.29. The summed E-state index contributed by atoms with van der Waals surface area (Å²) in [6, 6.07) is 4.05. The molecular formula is C12H18N2O2. The van der Waals surface area contributed by atoms with E-state index in [4.69, 9.17) is 4.42 Å². The van der Waals surface area contributed by atoms with E-state index in [9.17, 15) is 4.79 Å². The van der Waals surface area contributed by atoms with Gasteiger partial charge in [-0.15, -0.1) is 0 Å². The molecule has 2 rings (SSSR count). The topological polar surface area (TPSA) is 54.3 Å².